The van der Waals surface area contributed by atoms with Crippen molar-refractivity contribution in [2.24, 2.45) is 0 Å². The molecule has 3 N–H and O–H groups in total. The van der Waals surface area contributed by atoms with E-state index >= 15 is 0 Å². The highest BCUT2D eigenvalue weighted by Crippen LogP contribution is 2.28. The van der Waals surface area contributed by atoms with Gasteiger partial charge in [-0.2, -0.15) is 0 Å². The fourth-order valence-electron chi connectivity index (χ4n) is 1.71. The van der Waals surface area contributed by atoms with Crippen LogP contribution in [0.4, 0.5) is 10.5 Å². The number of carbonyl (C=O) groups is 2. The van der Waals surface area contributed by atoms with Crippen LogP contribution < -0.4 is 15.4 Å². The lowest BCUT2D eigenvalue weighted by Crippen LogP contribution is -2.30. The normalized spacial score (nSPS) is 10.0. The van der Waals surface area contributed by atoms with Gasteiger partial charge < -0.3 is 20.5 Å². The molecule has 0 unspecified atom stereocenters. The fourth-order valence-corrected chi connectivity index (χ4v) is 1.71. The van der Waals surface area contributed by atoms with E-state index in [0.717, 1.165) is 18.4 Å². The number of carbonyl (C=O) groups excluding carboxylic acids is 1. The molecule has 0 radical (unpaired) electrons. The second kappa shape index (κ2) is 8.84. The van der Waals surface area contributed by atoms with Crippen LogP contribution >= 0.6 is 0 Å². The number of amides is 2. The van der Waals surface area contributed by atoms with Crippen molar-refractivity contribution in [3.63, 3.8) is 0 Å². The number of aliphatic carboxylic acids is 1. The summed E-state index contributed by atoms with van der Waals surface area (Å²) in [5, 5.41) is 14.1. The Morgan fingerprint density at radius 3 is 2.76 bits per heavy atom. The zero-order chi connectivity index (χ0) is 15.7. The third kappa shape index (κ3) is 6.16. The Bertz CT molecular complexity index is 489. The molecule has 0 atom stereocenters. The molecule has 1 aromatic carbocycles. The van der Waals surface area contributed by atoms with Crippen molar-refractivity contribution in [2.45, 2.75) is 33.1 Å². The number of nitrogens with one attached hydrogen (secondary N) is 2. The SMILES string of the molecule is CCCCNC(=O)Nc1c(C)cccc1OCCC(=O)O. The number of urea groups is 1. The Kier molecular flexibility index (Phi) is 7.08. The quantitative estimate of drug-likeness (QED) is 0.643. The standard InChI is InChI=1S/C15H22N2O4/c1-3-4-9-16-15(20)17-14-11(2)6-5-7-12(14)21-10-8-13(18)19/h5-7H,3-4,8-10H2,1-2H3,(H,18,19)(H2,16,17,20). The minimum Gasteiger partial charge on any atom is -0.491 e. The molecule has 0 aliphatic heterocycles. The molecule has 6 nitrogen and oxygen atoms in total. The van der Waals surface area contributed by atoms with Crippen LogP contribution in [0.25, 0.3) is 0 Å². The van der Waals surface area contributed by atoms with Gasteiger partial charge in [-0.3, -0.25) is 4.79 Å². The molecule has 21 heavy (non-hydrogen) atoms. The third-order valence-corrected chi connectivity index (χ3v) is 2.86. The highest BCUT2D eigenvalue weighted by Gasteiger charge is 2.10. The van der Waals surface area contributed by atoms with Crippen molar-refractivity contribution in [3.8, 4) is 5.75 Å². The van der Waals surface area contributed by atoms with E-state index in [1.54, 1.807) is 12.1 Å². The first-order valence-electron chi connectivity index (χ1n) is 7.03. The molecule has 1 rings (SSSR count). The van der Waals surface area contributed by atoms with Gasteiger partial charge in [-0.1, -0.05) is 25.5 Å². The summed E-state index contributed by atoms with van der Waals surface area (Å²) in [4.78, 5) is 22.3. The lowest BCUT2D eigenvalue weighted by Gasteiger charge is -2.15. The summed E-state index contributed by atoms with van der Waals surface area (Å²) in [6.45, 7) is 4.58. The fraction of sp³-hybridized carbons (Fsp3) is 0.467. The van der Waals surface area contributed by atoms with Gasteiger partial charge in [-0.25, -0.2) is 4.79 Å². The van der Waals surface area contributed by atoms with Gasteiger partial charge in [0.25, 0.3) is 0 Å². The van der Waals surface area contributed by atoms with Crippen molar-refractivity contribution in [2.75, 3.05) is 18.5 Å². The zero-order valence-electron chi connectivity index (χ0n) is 12.4. The second-order valence-electron chi connectivity index (χ2n) is 4.67. The summed E-state index contributed by atoms with van der Waals surface area (Å²) in [5.74, 6) is -0.448. The van der Waals surface area contributed by atoms with Crippen LogP contribution in [0, 0.1) is 6.92 Å². The van der Waals surface area contributed by atoms with E-state index in [0.29, 0.717) is 18.0 Å². The number of anilines is 1. The largest absolute Gasteiger partial charge is 0.491 e. The van der Waals surface area contributed by atoms with Gasteiger partial charge in [0.1, 0.15) is 5.75 Å². The van der Waals surface area contributed by atoms with Gasteiger partial charge in [0.05, 0.1) is 18.7 Å². The molecule has 0 heterocycles. The average Bonchev–Trinajstić information content (AvgIpc) is 2.42. The van der Waals surface area contributed by atoms with Crippen LogP contribution in [-0.4, -0.2) is 30.3 Å². The zero-order valence-corrected chi connectivity index (χ0v) is 12.4. The molecule has 0 fully saturated rings. The number of aryl methyl sites for hydroxylation is 1. The maximum Gasteiger partial charge on any atom is 0.319 e. The van der Waals surface area contributed by atoms with Crippen molar-refractivity contribution >= 4 is 17.7 Å². The molecule has 6 heteroatoms. The smallest absolute Gasteiger partial charge is 0.319 e. The first-order valence-corrected chi connectivity index (χ1v) is 7.03. The van der Waals surface area contributed by atoms with E-state index < -0.39 is 5.97 Å². The molecule has 1 aromatic rings. The van der Waals surface area contributed by atoms with Crippen LogP contribution in [0.3, 0.4) is 0 Å². The van der Waals surface area contributed by atoms with Crippen molar-refractivity contribution in [1.29, 1.82) is 0 Å². The Morgan fingerprint density at radius 2 is 2.10 bits per heavy atom. The summed E-state index contributed by atoms with van der Waals surface area (Å²) in [6.07, 6.45) is 1.84. The minimum absolute atomic E-state index is 0.0604. The molecule has 0 spiro atoms. The molecule has 2 amide bonds. The van der Waals surface area contributed by atoms with Gasteiger partial charge in [-0.05, 0) is 25.0 Å². The minimum atomic E-state index is -0.922. The summed E-state index contributed by atoms with van der Waals surface area (Å²) < 4.78 is 5.43. The number of benzene rings is 1. The monoisotopic (exact) mass is 294 g/mol. The van der Waals surface area contributed by atoms with E-state index in [1.807, 2.05) is 13.0 Å². The topological polar surface area (TPSA) is 87.7 Å². The maximum atomic E-state index is 11.8. The molecule has 0 aliphatic rings. The Balaban J connectivity index is 2.66. The molecule has 0 bridgehead atoms. The number of ether oxygens (including phenoxy) is 1. The molecule has 116 valence electrons. The second-order valence-corrected chi connectivity index (χ2v) is 4.67. The van der Waals surface area contributed by atoms with Crippen molar-refractivity contribution in [1.82, 2.24) is 5.32 Å². The highest BCUT2D eigenvalue weighted by atomic mass is 16.5. The predicted octanol–water partition coefficient (Wildman–Crippen LogP) is 2.77. The highest BCUT2D eigenvalue weighted by molar-refractivity contribution is 5.91. The molecule has 0 saturated heterocycles. The van der Waals surface area contributed by atoms with Gasteiger partial charge in [0.2, 0.25) is 0 Å². The van der Waals surface area contributed by atoms with Gasteiger partial charge >= 0.3 is 12.0 Å². The summed E-state index contributed by atoms with van der Waals surface area (Å²) in [6, 6.07) is 5.06. The Morgan fingerprint density at radius 1 is 1.33 bits per heavy atom. The van der Waals surface area contributed by atoms with Crippen molar-refractivity contribution in [3.05, 3.63) is 23.8 Å². The summed E-state index contributed by atoms with van der Waals surface area (Å²) in [7, 11) is 0. The van der Waals surface area contributed by atoms with Crippen LogP contribution in [0.15, 0.2) is 18.2 Å². The van der Waals surface area contributed by atoms with Crippen LogP contribution in [0.1, 0.15) is 31.7 Å². The first-order chi connectivity index (χ1) is 10.0. The molecule has 0 saturated carbocycles. The van der Waals surface area contributed by atoms with Crippen LogP contribution in [-0.2, 0) is 4.79 Å². The van der Waals surface area contributed by atoms with E-state index in [2.05, 4.69) is 17.6 Å². The first kappa shape index (κ1) is 16.8. The van der Waals surface area contributed by atoms with E-state index in [1.165, 1.54) is 0 Å². The summed E-state index contributed by atoms with van der Waals surface area (Å²) in [5.41, 5.74) is 1.42. The third-order valence-electron chi connectivity index (χ3n) is 2.86. The van der Waals surface area contributed by atoms with E-state index in [4.69, 9.17) is 9.84 Å². The number of hydrogen-bond acceptors (Lipinski definition) is 3. The van der Waals surface area contributed by atoms with E-state index in [-0.39, 0.29) is 19.1 Å². The number of rotatable bonds is 8. The number of carboxylic acids is 1. The number of para-hydroxylation sites is 1. The lowest BCUT2D eigenvalue weighted by atomic mass is 10.2. The van der Waals surface area contributed by atoms with Crippen LogP contribution in [0.2, 0.25) is 0 Å². The maximum absolute atomic E-state index is 11.8. The molecule has 0 aromatic heterocycles. The predicted molar refractivity (Wildman–Crippen MR) is 80.9 cm³/mol. The molecular weight excluding hydrogens is 272 g/mol. The van der Waals surface area contributed by atoms with Gasteiger partial charge in [-0.15, -0.1) is 0 Å². The lowest BCUT2D eigenvalue weighted by molar-refractivity contribution is -0.137. The van der Waals surface area contributed by atoms with Crippen LogP contribution in [0.5, 0.6) is 5.75 Å². The Hall–Kier alpha value is -2.24. The van der Waals surface area contributed by atoms with Crippen molar-refractivity contribution < 1.29 is 19.4 Å². The number of hydrogen-bond donors (Lipinski definition) is 3. The Labute approximate surface area is 124 Å². The molecular formula is C15H22N2O4. The number of unbranched alkanes of at least 4 members (excludes halogenated alkanes) is 1. The van der Waals surface area contributed by atoms with Gasteiger partial charge in [0.15, 0.2) is 0 Å². The molecule has 0 aliphatic carbocycles. The summed E-state index contributed by atoms with van der Waals surface area (Å²) >= 11 is 0. The average molecular weight is 294 g/mol. The van der Waals surface area contributed by atoms with Gasteiger partial charge in [0, 0.05) is 6.54 Å². The van der Waals surface area contributed by atoms with E-state index in [9.17, 15) is 9.59 Å². The number of carboxylic acid groups (broad SMARTS) is 1.